The first-order chi connectivity index (χ1) is 16.7. The van der Waals surface area contributed by atoms with E-state index in [0.717, 1.165) is 59.5 Å². The first-order valence-electron chi connectivity index (χ1n) is 12.5. The highest BCUT2D eigenvalue weighted by molar-refractivity contribution is 6.08. The zero-order chi connectivity index (χ0) is 25.2. The van der Waals surface area contributed by atoms with E-state index in [1.54, 1.807) is 20.2 Å². The fourth-order valence-electron chi connectivity index (χ4n) is 5.26. The molecule has 4 rings (SSSR count). The van der Waals surface area contributed by atoms with E-state index >= 15 is 0 Å². The van der Waals surface area contributed by atoms with Gasteiger partial charge in [-0.25, -0.2) is 0 Å². The van der Waals surface area contributed by atoms with Gasteiger partial charge in [-0.05, 0) is 77.1 Å². The Labute approximate surface area is 208 Å². The zero-order valence-electron chi connectivity index (χ0n) is 21.8. The highest BCUT2D eigenvalue weighted by Gasteiger charge is 2.35. The summed E-state index contributed by atoms with van der Waals surface area (Å²) >= 11 is 0. The molecule has 0 amide bonds. The summed E-state index contributed by atoms with van der Waals surface area (Å²) in [6.07, 6.45) is 5.67. The van der Waals surface area contributed by atoms with Gasteiger partial charge in [0.05, 0.1) is 29.1 Å². The third-order valence-corrected chi connectivity index (χ3v) is 6.99. The third kappa shape index (κ3) is 5.39. The van der Waals surface area contributed by atoms with Crippen LogP contribution in [0.1, 0.15) is 63.5 Å². The number of aromatic nitrogens is 2. The lowest BCUT2D eigenvalue weighted by molar-refractivity contribution is 0.0574. The van der Waals surface area contributed by atoms with Crippen molar-refractivity contribution in [3.05, 3.63) is 54.0 Å². The predicted octanol–water partition coefficient (Wildman–Crippen LogP) is 6.07. The third-order valence-electron chi connectivity index (χ3n) is 6.99. The van der Waals surface area contributed by atoms with Gasteiger partial charge in [0.2, 0.25) is 0 Å². The van der Waals surface area contributed by atoms with Crippen LogP contribution in [0.2, 0.25) is 0 Å². The molecule has 1 fully saturated rings. The number of Topliss-reactive ketones (excluding diaryl/α,β-unsaturated/α-hetero) is 1. The first-order valence-corrected chi connectivity index (χ1v) is 12.5. The van der Waals surface area contributed by atoms with Crippen molar-refractivity contribution < 1.29 is 14.3 Å². The molecule has 0 bridgehead atoms. The van der Waals surface area contributed by atoms with Crippen LogP contribution >= 0.6 is 0 Å². The molecule has 6 heteroatoms. The second-order valence-corrected chi connectivity index (χ2v) is 10.5. The van der Waals surface area contributed by atoms with Gasteiger partial charge in [0.1, 0.15) is 0 Å². The van der Waals surface area contributed by atoms with Gasteiger partial charge >= 0.3 is 0 Å². The van der Waals surface area contributed by atoms with E-state index in [1.807, 2.05) is 18.3 Å². The molecule has 3 aromatic rings. The minimum atomic E-state index is -0.199. The summed E-state index contributed by atoms with van der Waals surface area (Å²) in [5.41, 5.74) is 5.27. The van der Waals surface area contributed by atoms with Crippen LogP contribution in [0.4, 0.5) is 5.69 Å². The predicted molar refractivity (Wildman–Crippen MR) is 141 cm³/mol. The number of rotatable bonds is 7. The molecule has 186 valence electrons. The number of carbonyl (C=O) groups is 1. The molecule has 1 aromatic carbocycles. The number of hydrogen-bond donors (Lipinski definition) is 0. The van der Waals surface area contributed by atoms with Crippen molar-refractivity contribution in [3.8, 4) is 11.1 Å². The lowest BCUT2D eigenvalue weighted by Gasteiger charge is -2.47. The van der Waals surface area contributed by atoms with Gasteiger partial charge in [0, 0.05) is 55.2 Å². The number of methoxy groups -OCH3 is 1. The summed E-state index contributed by atoms with van der Waals surface area (Å²) in [7, 11) is 1.67. The summed E-state index contributed by atoms with van der Waals surface area (Å²) in [4.78, 5) is 24.6. The van der Waals surface area contributed by atoms with E-state index in [0.29, 0.717) is 18.1 Å². The standard InChI is InChI=1S/C29H37N3O3/c1-19(21-11-13-35-14-12-21)32(29(3,4)5)28-25-15-22(23-7-9-24(18-34-6)30-16-23)8-10-27(25)31-17-26(28)20(2)33/h7-10,15-17,19,21H,11-14,18H2,1-6H3/t19-/m0/s1. The summed E-state index contributed by atoms with van der Waals surface area (Å²) in [6.45, 7) is 12.7. The number of benzene rings is 1. The van der Waals surface area contributed by atoms with Crippen molar-refractivity contribution in [1.82, 2.24) is 9.97 Å². The Morgan fingerprint density at radius 1 is 1.11 bits per heavy atom. The molecule has 0 saturated carbocycles. The summed E-state index contributed by atoms with van der Waals surface area (Å²) in [6, 6.07) is 10.6. The van der Waals surface area contributed by atoms with E-state index in [-0.39, 0.29) is 17.4 Å². The maximum absolute atomic E-state index is 12.9. The van der Waals surface area contributed by atoms with Crippen molar-refractivity contribution >= 4 is 22.4 Å². The molecule has 0 aliphatic carbocycles. The smallest absolute Gasteiger partial charge is 0.163 e. The number of anilines is 1. The van der Waals surface area contributed by atoms with Gasteiger partial charge in [-0.3, -0.25) is 14.8 Å². The first kappa shape index (κ1) is 25.3. The number of ether oxygens (including phenoxy) is 2. The van der Waals surface area contributed by atoms with Gasteiger partial charge in [0.15, 0.2) is 5.78 Å². The normalized spacial score (nSPS) is 15.8. The van der Waals surface area contributed by atoms with Gasteiger partial charge in [-0.15, -0.1) is 0 Å². The number of nitrogens with zero attached hydrogens (tertiary/aromatic N) is 3. The van der Waals surface area contributed by atoms with Crippen molar-refractivity contribution in [2.45, 2.75) is 65.6 Å². The molecule has 1 saturated heterocycles. The Hall–Kier alpha value is -2.83. The summed E-state index contributed by atoms with van der Waals surface area (Å²) in [5, 5.41) is 0.991. The maximum atomic E-state index is 12.9. The molecule has 6 nitrogen and oxygen atoms in total. The van der Waals surface area contributed by atoms with Crippen LogP contribution < -0.4 is 4.90 Å². The van der Waals surface area contributed by atoms with E-state index in [1.165, 1.54) is 0 Å². The molecule has 0 spiro atoms. The molecule has 35 heavy (non-hydrogen) atoms. The number of hydrogen-bond acceptors (Lipinski definition) is 6. The molecule has 3 heterocycles. The van der Waals surface area contributed by atoms with Crippen LogP contribution in [0, 0.1) is 5.92 Å². The average molecular weight is 476 g/mol. The van der Waals surface area contributed by atoms with Gasteiger partial charge in [-0.1, -0.05) is 12.1 Å². The zero-order valence-corrected chi connectivity index (χ0v) is 21.8. The number of pyridine rings is 2. The van der Waals surface area contributed by atoms with E-state index in [2.05, 4.69) is 60.8 Å². The molecular weight excluding hydrogens is 438 g/mol. The second-order valence-electron chi connectivity index (χ2n) is 10.5. The van der Waals surface area contributed by atoms with E-state index in [9.17, 15) is 4.79 Å². The molecule has 2 aromatic heterocycles. The second kappa shape index (κ2) is 10.4. The Morgan fingerprint density at radius 3 is 2.43 bits per heavy atom. The van der Waals surface area contributed by atoms with E-state index < -0.39 is 0 Å². The van der Waals surface area contributed by atoms with Crippen LogP contribution in [0.3, 0.4) is 0 Å². The van der Waals surface area contributed by atoms with Crippen LogP contribution in [-0.4, -0.2) is 47.7 Å². The van der Waals surface area contributed by atoms with Crippen LogP contribution in [0.15, 0.2) is 42.7 Å². The van der Waals surface area contributed by atoms with Crippen molar-refractivity contribution in [2.24, 2.45) is 5.92 Å². The van der Waals surface area contributed by atoms with Crippen LogP contribution in [0.25, 0.3) is 22.0 Å². The summed E-state index contributed by atoms with van der Waals surface area (Å²) in [5.74, 6) is 0.519. The van der Waals surface area contributed by atoms with Crippen molar-refractivity contribution in [3.63, 3.8) is 0 Å². The Balaban J connectivity index is 1.89. The van der Waals surface area contributed by atoms with Crippen LogP contribution in [0.5, 0.6) is 0 Å². The topological polar surface area (TPSA) is 64.5 Å². The fourth-order valence-corrected chi connectivity index (χ4v) is 5.26. The Morgan fingerprint density at radius 2 is 1.83 bits per heavy atom. The lowest BCUT2D eigenvalue weighted by Crippen LogP contribution is -2.51. The van der Waals surface area contributed by atoms with Crippen molar-refractivity contribution in [2.75, 3.05) is 25.2 Å². The molecule has 0 radical (unpaired) electrons. The van der Waals surface area contributed by atoms with Gasteiger partial charge in [0.25, 0.3) is 0 Å². The quantitative estimate of drug-likeness (QED) is 0.387. The van der Waals surface area contributed by atoms with E-state index in [4.69, 9.17) is 9.47 Å². The minimum Gasteiger partial charge on any atom is -0.381 e. The fraction of sp³-hybridized carbons (Fsp3) is 0.483. The van der Waals surface area contributed by atoms with Gasteiger partial charge in [-0.2, -0.15) is 0 Å². The molecular formula is C29H37N3O3. The SMILES string of the molecule is COCc1ccc(-c2ccc3ncc(C(C)=O)c(N([C@@H](C)C4CCOCC4)C(C)(C)C)c3c2)cn1. The highest BCUT2D eigenvalue weighted by atomic mass is 16.5. The highest BCUT2D eigenvalue weighted by Crippen LogP contribution is 2.40. The number of ketones is 1. The maximum Gasteiger partial charge on any atom is 0.163 e. The summed E-state index contributed by atoms with van der Waals surface area (Å²) < 4.78 is 10.8. The average Bonchev–Trinajstić information content (AvgIpc) is 2.84. The molecule has 0 unspecified atom stereocenters. The number of fused-ring (bicyclic) bond motifs is 1. The largest absolute Gasteiger partial charge is 0.381 e. The Kier molecular flexibility index (Phi) is 7.53. The minimum absolute atomic E-state index is 0.0267. The van der Waals surface area contributed by atoms with Crippen molar-refractivity contribution in [1.29, 1.82) is 0 Å². The molecule has 1 aliphatic heterocycles. The van der Waals surface area contributed by atoms with Gasteiger partial charge < -0.3 is 14.4 Å². The number of carbonyl (C=O) groups excluding carboxylic acids is 1. The molecule has 0 N–H and O–H groups in total. The molecule has 1 aliphatic rings. The lowest BCUT2D eigenvalue weighted by atomic mass is 9.87. The Bertz CT molecular complexity index is 1180. The monoisotopic (exact) mass is 475 g/mol. The molecule has 1 atom stereocenters. The van der Waals surface area contributed by atoms with Crippen LogP contribution in [-0.2, 0) is 16.1 Å².